The Bertz CT molecular complexity index is 769. The number of likely N-dealkylation sites (tertiary alicyclic amines) is 1. The lowest BCUT2D eigenvalue weighted by Crippen LogP contribution is -2.38. The highest BCUT2D eigenvalue weighted by atomic mass is 32.2. The lowest BCUT2D eigenvalue weighted by atomic mass is 10.1. The van der Waals surface area contributed by atoms with E-state index < -0.39 is 22.5 Å². The zero-order valence-corrected chi connectivity index (χ0v) is 17.1. The lowest BCUT2D eigenvalue weighted by molar-refractivity contribution is -0.152. The van der Waals surface area contributed by atoms with E-state index in [0.29, 0.717) is 13.1 Å². The van der Waals surface area contributed by atoms with Crippen molar-refractivity contribution in [1.29, 1.82) is 0 Å². The van der Waals surface area contributed by atoms with Crippen molar-refractivity contribution in [3.05, 3.63) is 41.3 Å². The van der Waals surface area contributed by atoms with E-state index in [1.54, 1.807) is 29.2 Å². The summed E-state index contributed by atoms with van der Waals surface area (Å²) in [5.41, 5.74) is 0.737. The van der Waals surface area contributed by atoms with Gasteiger partial charge in [0.2, 0.25) is 10.0 Å². The quantitative estimate of drug-likeness (QED) is 0.646. The van der Waals surface area contributed by atoms with Crippen LogP contribution in [0.15, 0.2) is 35.7 Å². The number of esters is 1. The fraction of sp³-hybridized carbons (Fsp3) is 0.500. The Morgan fingerprint density at radius 1 is 1.07 bits per heavy atom. The van der Waals surface area contributed by atoms with Gasteiger partial charge in [0.05, 0.1) is 0 Å². The van der Waals surface area contributed by atoms with Gasteiger partial charge in [0.15, 0.2) is 6.61 Å². The van der Waals surface area contributed by atoms with E-state index in [0.717, 1.165) is 41.0 Å². The molecule has 1 amide bonds. The highest BCUT2D eigenvalue weighted by Crippen LogP contribution is 2.11. The second-order valence-corrected chi connectivity index (χ2v) is 8.75. The largest absolute Gasteiger partial charge is 0.455 e. The van der Waals surface area contributed by atoms with Gasteiger partial charge in [-0.2, -0.15) is 4.31 Å². The summed E-state index contributed by atoms with van der Waals surface area (Å²) in [6, 6.07) is 8.99. The van der Waals surface area contributed by atoms with E-state index in [9.17, 15) is 18.0 Å². The minimum absolute atomic E-state index is 0.232. The molecule has 1 fully saturated rings. The first-order valence-electron chi connectivity index (χ1n) is 9.51. The van der Waals surface area contributed by atoms with Crippen molar-refractivity contribution in [3.8, 4) is 0 Å². The highest BCUT2D eigenvalue weighted by Gasteiger charge is 2.21. The number of likely N-dealkylation sites (N-methyl/N-ethyl adjacent to an activating group) is 1. The second kappa shape index (κ2) is 11.0. The van der Waals surface area contributed by atoms with Gasteiger partial charge >= 0.3 is 5.97 Å². The maximum Gasteiger partial charge on any atom is 0.321 e. The molecule has 0 atom stereocenters. The number of nitrogens with zero attached hydrogens (tertiary/aromatic N) is 2. The number of hydrogen-bond donors (Lipinski definition) is 0. The molecule has 0 bridgehead atoms. The normalized spacial score (nSPS) is 16.0. The van der Waals surface area contributed by atoms with Crippen molar-refractivity contribution in [1.82, 2.24) is 9.21 Å². The minimum Gasteiger partial charge on any atom is -0.455 e. The number of benzene rings is 1. The summed E-state index contributed by atoms with van der Waals surface area (Å²) in [6.07, 6.45) is 6.76. The number of rotatable bonds is 7. The van der Waals surface area contributed by atoms with E-state index in [1.807, 2.05) is 6.07 Å². The lowest BCUT2D eigenvalue weighted by Gasteiger charge is -2.24. The average molecular weight is 409 g/mol. The Labute approximate surface area is 167 Å². The fourth-order valence-corrected chi connectivity index (χ4v) is 3.70. The Hall–Kier alpha value is -2.19. The molecule has 154 valence electrons. The monoisotopic (exact) mass is 408 g/mol. The van der Waals surface area contributed by atoms with Crippen LogP contribution in [0.3, 0.4) is 0 Å². The summed E-state index contributed by atoms with van der Waals surface area (Å²) in [6.45, 7) is 0.547. The molecule has 1 aliphatic rings. The standard InChI is InChI=1S/C20H28N2O5S/c1-21(28(25,26)15-12-18-10-6-5-7-11-18)16-20(24)27-17-19(23)22-13-8-3-2-4-9-14-22/h5-7,10-12,15H,2-4,8-9,13-14,16-17H2,1H3/b15-12+. The predicted octanol–water partition coefficient (Wildman–Crippen LogP) is 2.25. The number of amides is 1. The van der Waals surface area contributed by atoms with Gasteiger partial charge in [-0.3, -0.25) is 9.59 Å². The molecule has 1 heterocycles. The molecule has 0 aliphatic carbocycles. The topological polar surface area (TPSA) is 84.0 Å². The van der Waals surface area contributed by atoms with Crippen molar-refractivity contribution in [2.24, 2.45) is 0 Å². The Balaban J connectivity index is 1.80. The van der Waals surface area contributed by atoms with Gasteiger partial charge in [-0.05, 0) is 24.5 Å². The zero-order chi connectivity index (χ0) is 20.4. The number of carbonyl (C=O) groups is 2. The van der Waals surface area contributed by atoms with E-state index >= 15 is 0 Å². The summed E-state index contributed by atoms with van der Waals surface area (Å²) < 4.78 is 30.4. The first-order chi connectivity index (χ1) is 13.4. The van der Waals surface area contributed by atoms with E-state index in [4.69, 9.17) is 4.74 Å². The molecule has 1 saturated heterocycles. The molecule has 0 aromatic heterocycles. The number of hydrogen-bond acceptors (Lipinski definition) is 5. The molecule has 28 heavy (non-hydrogen) atoms. The van der Waals surface area contributed by atoms with Crippen LogP contribution in [-0.2, 0) is 24.3 Å². The summed E-state index contributed by atoms with van der Waals surface area (Å²) in [5.74, 6) is -0.982. The SMILES string of the molecule is CN(CC(=O)OCC(=O)N1CCCCCCC1)S(=O)(=O)/C=C/c1ccccc1. The Morgan fingerprint density at radius 2 is 1.68 bits per heavy atom. The number of ether oxygens (including phenoxy) is 1. The summed E-state index contributed by atoms with van der Waals surface area (Å²) in [4.78, 5) is 25.9. The fourth-order valence-electron chi connectivity index (χ4n) is 2.88. The van der Waals surface area contributed by atoms with Gasteiger partial charge in [0.1, 0.15) is 6.54 Å². The Morgan fingerprint density at radius 3 is 2.32 bits per heavy atom. The Kier molecular flexibility index (Phi) is 8.66. The van der Waals surface area contributed by atoms with Crippen molar-refractivity contribution >= 4 is 28.0 Å². The molecular weight excluding hydrogens is 380 g/mol. The molecule has 0 spiro atoms. The van der Waals surface area contributed by atoms with Gasteiger partial charge in [-0.15, -0.1) is 0 Å². The molecule has 0 saturated carbocycles. The van der Waals surface area contributed by atoms with Gasteiger partial charge in [-0.25, -0.2) is 8.42 Å². The third kappa shape index (κ3) is 7.44. The number of sulfonamides is 1. The molecule has 0 N–H and O–H groups in total. The highest BCUT2D eigenvalue weighted by molar-refractivity contribution is 7.92. The van der Waals surface area contributed by atoms with Crippen LogP contribution in [0, 0.1) is 0 Å². The molecular formula is C20H28N2O5S. The molecule has 1 aromatic rings. The third-order valence-electron chi connectivity index (χ3n) is 4.58. The van der Waals surface area contributed by atoms with Crippen LogP contribution < -0.4 is 0 Å². The van der Waals surface area contributed by atoms with Crippen molar-refractivity contribution in [2.45, 2.75) is 32.1 Å². The molecule has 8 heteroatoms. The van der Waals surface area contributed by atoms with Crippen LogP contribution in [0.1, 0.15) is 37.7 Å². The minimum atomic E-state index is -3.76. The van der Waals surface area contributed by atoms with Gasteiger partial charge in [-0.1, -0.05) is 49.6 Å². The molecule has 1 aromatic carbocycles. The molecule has 2 rings (SSSR count). The van der Waals surface area contributed by atoms with Crippen LogP contribution in [0.5, 0.6) is 0 Å². The first-order valence-corrected chi connectivity index (χ1v) is 11.0. The zero-order valence-electron chi connectivity index (χ0n) is 16.2. The first kappa shape index (κ1) is 22.1. The van der Waals surface area contributed by atoms with Crippen LogP contribution in [0.2, 0.25) is 0 Å². The maximum atomic E-state index is 12.3. The number of carbonyl (C=O) groups excluding carboxylic acids is 2. The van der Waals surface area contributed by atoms with Crippen molar-refractivity contribution < 1.29 is 22.7 Å². The molecule has 1 aliphatic heterocycles. The van der Waals surface area contributed by atoms with Gasteiger partial charge in [0.25, 0.3) is 5.91 Å². The summed E-state index contributed by atoms with van der Waals surface area (Å²) in [5, 5.41) is 1.04. The van der Waals surface area contributed by atoms with Crippen molar-refractivity contribution in [3.63, 3.8) is 0 Å². The van der Waals surface area contributed by atoms with Crippen molar-refractivity contribution in [2.75, 3.05) is 33.3 Å². The smallest absolute Gasteiger partial charge is 0.321 e. The predicted molar refractivity (Wildman–Crippen MR) is 108 cm³/mol. The maximum absolute atomic E-state index is 12.3. The molecule has 0 unspecified atom stereocenters. The van der Waals surface area contributed by atoms with Crippen LogP contribution in [0.4, 0.5) is 0 Å². The van der Waals surface area contributed by atoms with E-state index in [2.05, 4.69) is 0 Å². The van der Waals surface area contributed by atoms with Crippen LogP contribution in [-0.4, -0.2) is 62.8 Å². The van der Waals surface area contributed by atoms with Gasteiger partial charge < -0.3 is 9.64 Å². The molecule has 0 radical (unpaired) electrons. The molecule has 7 nitrogen and oxygen atoms in total. The van der Waals surface area contributed by atoms with E-state index in [1.165, 1.54) is 19.5 Å². The van der Waals surface area contributed by atoms with E-state index in [-0.39, 0.29) is 12.5 Å². The summed E-state index contributed by atoms with van der Waals surface area (Å²) in [7, 11) is -2.47. The van der Waals surface area contributed by atoms with Crippen LogP contribution >= 0.6 is 0 Å². The third-order valence-corrected chi connectivity index (χ3v) is 6.06. The average Bonchev–Trinajstić information content (AvgIpc) is 2.65. The van der Waals surface area contributed by atoms with Gasteiger partial charge in [0, 0.05) is 25.5 Å². The van der Waals surface area contributed by atoms with Crippen LogP contribution in [0.25, 0.3) is 6.08 Å². The second-order valence-electron chi connectivity index (χ2n) is 6.82. The summed E-state index contributed by atoms with van der Waals surface area (Å²) >= 11 is 0.